The molecule has 1 heterocycles. The Hall–Kier alpha value is 0.327. The fourth-order valence-corrected chi connectivity index (χ4v) is 10.0. The number of nitrogens with zero attached hydrogens (tertiary/aromatic N) is 1. The average Bonchev–Trinajstić information content (AvgIpc) is 2.73. The second-order valence-electron chi connectivity index (χ2n) is 7.12. The van der Waals surface area contributed by atoms with Crippen molar-refractivity contribution in [3.63, 3.8) is 0 Å². The molecule has 0 N–H and O–H groups in total. The first kappa shape index (κ1) is 24.6. The summed E-state index contributed by atoms with van der Waals surface area (Å²) < 4.78 is 9.76. The van der Waals surface area contributed by atoms with Gasteiger partial charge in [0.05, 0.1) is 0 Å². The van der Waals surface area contributed by atoms with Crippen LogP contribution in [0.25, 0.3) is 4.65 Å². The summed E-state index contributed by atoms with van der Waals surface area (Å²) in [4.78, 5) is 0. The van der Waals surface area contributed by atoms with E-state index in [0.717, 1.165) is 13.2 Å². The maximum atomic E-state index is 4.94. The fourth-order valence-electron chi connectivity index (χ4n) is 1.97. The molecule has 22 heavy (non-hydrogen) atoms. The Morgan fingerprint density at radius 2 is 1.18 bits per heavy atom. The zero-order valence-electron chi connectivity index (χ0n) is 15.2. The molecule has 1 saturated heterocycles. The summed E-state index contributed by atoms with van der Waals surface area (Å²) in [5.74, 6) is 0. The number of hydrogen-bond acceptors (Lipinski definition) is 1. The standard InChI is InChI=1S/C7H7.C6H18NSi2.C4H8O.Zr/c1-2-4-6-7-5-3-1;1-8(2,3)7-9(4,5)6;1-2-4-5-3-1;/h1-7H;1-6H3;1-4H2;/q+1;-1;;. The van der Waals surface area contributed by atoms with Crippen LogP contribution in [0.2, 0.25) is 39.3 Å². The van der Waals surface area contributed by atoms with Gasteiger partial charge in [-0.05, 0) is 12.8 Å². The van der Waals surface area contributed by atoms with Crippen molar-refractivity contribution in [1.82, 2.24) is 0 Å². The largest absolute Gasteiger partial charge is 0.668 e. The van der Waals surface area contributed by atoms with Crippen molar-refractivity contribution >= 4 is 16.5 Å². The molecule has 1 aliphatic rings. The second kappa shape index (κ2) is 13.7. The molecule has 1 aromatic rings. The molecule has 0 aliphatic carbocycles. The van der Waals surface area contributed by atoms with E-state index in [1.165, 1.54) is 12.8 Å². The van der Waals surface area contributed by atoms with Crippen LogP contribution < -0.4 is 0 Å². The second-order valence-corrected chi connectivity index (χ2v) is 16.7. The molecule has 0 radical (unpaired) electrons. The molecule has 0 unspecified atom stereocenters. The van der Waals surface area contributed by atoms with Gasteiger partial charge < -0.3 is 9.38 Å². The van der Waals surface area contributed by atoms with Crippen LogP contribution >= 0.6 is 0 Å². The Kier molecular flexibility index (Phi) is 15.3. The van der Waals surface area contributed by atoms with Crippen molar-refractivity contribution in [2.75, 3.05) is 13.2 Å². The molecule has 0 bridgehead atoms. The Morgan fingerprint density at radius 3 is 1.41 bits per heavy atom. The summed E-state index contributed by atoms with van der Waals surface area (Å²) in [6.07, 6.45) is 2.56. The summed E-state index contributed by atoms with van der Waals surface area (Å²) >= 11 is 0. The Balaban J connectivity index is 0. The van der Waals surface area contributed by atoms with E-state index in [2.05, 4.69) is 39.3 Å². The first-order valence-electron chi connectivity index (χ1n) is 7.86. The van der Waals surface area contributed by atoms with Crippen LogP contribution in [0.4, 0.5) is 0 Å². The predicted octanol–water partition coefficient (Wildman–Crippen LogP) is 5.79. The van der Waals surface area contributed by atoms with Crippen LogP contribution in [-0.2, 0) is 30.9 Å². The van der Waals surface area contributed by atoms with Gasteiger partial charge in [-0.15, -0.1) is 0 Å². The van der Waals surface area contributed by atoms with Gasteiger partial charge in [0, 0.05) is 81.9 Å². The van der Waals surface area contributed by atoms with E-state index in [4.69, 9.17) is 9.38 Å². The van der Waals surface area contributed by atoms with Crippen molar-refractivity contribution in [2.45, 2.75) is 52.1 Å². The van der Waals surface area contributed by atoms with E-state index in [1.807, 2.05) is 42.5 Å². The molecule has 2 nitrogen and oxygen atoms in total. The van der Waals surface area contributed by atoms with Crippen LogP contribution in [0.5, 0.6) is 0 Å². The van der Waals surface area contributed by atoms with Gasteiger partial charge in [-0.2, -0.15) is 0 Å². The molecular weight excluding hydrogens is 382 g/mol. The van der Waals surface area contributed by atoms with E-state index >= 15 is 0 Å². The van der Waals surface area contributed by atoms with Crippen LogP contribution in [0.3, 0.4) is 0 Å². The van der Waals surface area contributed by atoms with Gasteiger partial charge in [0.1, 0.15) is 0 Å². The van der Waals surface area contributed by atoms with Gasteiger partial charge >= 0.3 is 0 Å². The van der Waals surface area contributed by atoms with E-state index in [0.29, 0.717) is 0 Å². The van der Waals surface area contributed by atoms with Crippen LogP contribution in [0.1, 0.15) is 12.8 Å². The molecule has 5 heteroatoms. The van der Waals surface area contributed by atoms with Crippen LogP contribution in [-0.4, -0.2) is 29.7 Å². The van der Waals surface area contributed by atoms with Crippen molar-refractivity contribution in [1.29, 1.82) is 0 Å². The van der Waals surface area contributed by atoms with Crippen molar-refractivity contribution in [2.24, 2.45) is 0 Å². The molecule has 1 fully saturated rings. The van der Waals surface area contributed by atoms with Gasteiger partial charge in [-0.3, -0.25) is 0 Å². The summed E-state index contributed by atoms with van der Waals surface area (Å²) in [6.45, 7) is 15.8. The quantitative estimate of drug-likeness (QED) is 0.443. The van der Waals surface area contributed by atoms with Crippen LogP contribution in [0.15, 0.2) is 42.5 Å². The fraction of sp³-hybridized carbons (Fsp3) is 0.588. The van der Waals surface area contributed by atoms with Crippen molar-refractivity contribution in [3.8, 4) is 0 Å². The molecular formula is C17H33NOSi2Zr. The maximum Gasteiger partial charge on any atom is 0.0467 e. The summed E-state index contributed by atoms with van der Waals surface area (Å²) in [6, 6.07) is 14.0. The first-order valence-corrected chi connectivity index (χ1v) is 14.8. The monoisotopic (exact) mass is 413 g/mol. The van der Waals surface area contributed by atoms with Gasteiger partial charge in [-0.25, -0.2) is 0 Å². The van der Waals surface area contributed by atoms with Crippen LogP contribution in [0, 0.1) is 0 Å². The molecule has 1 aromatic carbocycles. The molecule has 0 amide bonds. The van der Waals surface area contributed by atoms with E-state index in [1.54, 1.807) is 0 Å². The first-order chi connectivity index (χ1) is 9.71. The maximum absolute atomic E-state index is 4.94. The summed E-state index contributed by atoms with van der Waals surface area (Å²) in [7, 11) is -2.21. The van der Waals surface area contributed by atoms with Crippen molar-refractivity contribution < 1.29 is 30.9 Å². The third-order valence-electron chi connectivity index (χ3n) is 2.28. The topological polar surface area (TPSA) is 23.3 Å². The number of ether oxygens (including phenoxy) is 1. The number of rotatable bonds is 2. The molecule has 0 atom stereocenters. The molecule has 1 aliphatic heterocycles. The molecule has 0 saturated carbocycles. The minimum atomic E-state index is -1.11. The molecule has 0 spiro atoms. The van der Waals surface area contributed by atoms with Crippen molar-refractivity contribution in [3.05, 3.63) is 47.1 Å². The van der Waals surface area contributed by atoms with Gasteiger partial charge in [0.25, 0.3) is 0 Å². The van der Waals surface area contributed by atoms with Gasteiger partial charge in [-0.1, -0.05) is 55.8 Å². The zero-order valence-corrected chi connectivity index (χ0v) is 19.7. The third-order valence-corrected chi connectivity index (χ3v) is 7.64. The Bertz CT molecular complexity index is 295. The zero-order chi connectivity index (χ0) is 16.2. The average molecular weight is 415 g/mol. The summed E-state index contributed by atoms with van der Waals surface area (Å²) in [5, 5.41) is 0. The van der Waals surface area contributed by atoms with Gasteiger partial charge in [0.15, 0.2) is 0 Å². The smallest absolute Gasteiger partial charge is 0.0467 e. The molecule has 2 rings (SSSR count). The SMILES string of the molecule is C1CCOC1.C[Si](C)(C)[N-][Si](C)(C)C.[Zr].c1ccc[cH+]cc1. The van der Waals surface area contributed by atoms with E-state index in [-0.39, 0.29) is 26.2 Å². The minimum absolute atomic E-state index is 0. The third kappa shape index (κ3) is 22.6. The van der Waals surface area contributed by atoms with E-state index < -0.39 is 16.5 Å². The summed E-state index contributed by atoms with van der Waals surface area (Å²) in [5.41, 5.74) is 0. The predicted molar refractivity (Wildman–Crippen MR) is 101 cm³/mol. The number of hydrogen-bond donors (Lipinski definition) is 0. The van der Waals surface area contributed by atoms with E-state index in [9.17, 15) is 0 Å². The molecule has 124 valence electrons. The normalized spacial score (nSPS) is 13.7. The Labute approximate surface area is 159 Å². The van der Waals surface area contributed by atoms with Gasteiger partial charge in [0.2, 0.25) is 0 Å². The minimum Gasteiger partial charge on any atom is -0.668 e. The Morgan fingerprint density at radius 1 is 0.773 bits per heavy atom. The molecule has 0 aromatic heterocycles.